The molecule has 0 radical (unpaired) electrons. The lowest BCUT2D eigenvalue weighted by atomic mass is 10.2. The molecule has 3 aromatic rings. The van der Waals surface area contributed by atoms with E-state index in [2.05, 4.69) is 21.6 Å². The van der Waals surface area contributed by atoms with Gasteiger partial charge in [0.15, 0.2) is 0 Å². The van der Waals surface area contributed by atoms with Crippen molar-refractivity contribution in [3.05, 3.63) is 43.0 Å². The summed E-state index contributed by atoms with van der Waals surface area (Å²) in [6.45, 7) is 3.05. The van der Waals surface area contributed by atoms with Crippen molar-refractivity contribution < 1.29 is 0 Å². The lowest BCUT2D eigenvalue weighted by molar-refractivity contribution is 0.789. The second-order valence-electron chi connectivity index (χ2n) is 3.63. The van der Waals surface area contributed by atoms with Crippen LogP contribution in [0.1, 0.15) is 6.92 Å². The predicted octanol–water partition coefficient (Wildman–Crippen LogP) is 2.22. The zero-order chi connectivity index (χ0) is 11.0. The summed E-state index contributed by atoms with van der Waals surface area (Å²) in [6.07, 6.45) is 7.67. The van der Waals surface area contributed by atoms with E-state index < -0.39 is 0 Å². The molecule has 0 fully saturated rings. The summed E-state index contributed by atoms with van der Waals surface area (Å²) in [5.74, 6) is 0. The number of hydrogen-bond acceptors (Lipinski definition) is 2. The zero-order valence-electron chi connectivity index (χ0n) is 9.04. The molecule has 3 rings (SSSR count). The highest BCUT2D eigenvalue weighted by Gasteiger charge is 2.10. The van der Waals surface area contributed by atoms with Gasteiger partial charge in [-0.2, -0.15) is 5.10 Å². The first-order valence-corrected chi connectivity index (χ1v) is 5.34. The summed E-state index contributed by atoms with van der Waals surface area (Å²) < 4.78 is 4.05. The normalized spacial score (nSPS) is 11.1. The van der Waals surface area contributed by atoms with Crippen molar-refractivity contribution in [2.45, 2.75) is 13.5 Å². The van der Waals surface area contributed by atoms with Crippen molar-refractivity contribution in [1.29, 1.82) is 0 Å². The first-order valence-electron chi connectivity index (χ1n) is 5.34. The van der Waals surface area contributed by atoms with Crippen molar-refractivity contribution in [3.63, 3.8) is 0 Å². The average Bonchev–Trinajstić information content (AvgIpc) is 2.90. The molecule has 4 nitrogen and oxygen atoms in total. The molecule has 0 spiro atoms. The van der Waals surface area contributed by atoms with Gasteiger partial charge >= 0.3 is 0 Å². The topological polar surface area (TPSA) is 35.1 Å². The lowest BCUT2D eigenvalue weighted by Gasteiger charge is -2.00. The van der Waals surface area contributed by atoms with Crippen LogP contribution in [-0.2, 0) is 6.54 Å². The Balaban J connectivity index is 2.28. The van der Waals surface area contributed by atoms with Gasteiger partial charge in [0.1, 0.15) is 5.65 Å². The Morgan fingerprint density at radius 3 is 2.94 bits per heavy atom. The quantitative estimate of drug-likeness (QED) is 0.653. The Bertz CT molecular complexity index is 606. The molecular formula is C12H12N4. The maximum Gasteiger partial charge on any atom is 0.145 e. The number of aryl methyl sites for hydroxylation is 1. The number of pyridine rings is 1. The van der Waals surface area contributed by atoms with E-state index in [-0.39, 0.29) is 0 Å². The Morgan fingerprint density at radius 1 is 1.25 bits per heavy atom. The van der Waals surface area contributed by atoms with Gasteiger partial charge in [0.05, 0.1) is 17.5 Å². The molecule has 0 saturated carbocycles. The van der Waals surface area contributed by atoms with Crippen LogP contribution in [0.2, 0.25) is 0 Å². The van der Waals surface area contributed by atoms with E-state index in [1.807, 2.05) is 41.3 Å². The largest absolute Gasteiger partial charge is 0.331 e. The smallest absolute Gasteiger partial charge is 0.145 e. The number of hydrogen-bond donors (Lipinski definition) is 0. The molecule has 4 heteroatoms. The molecule has 0 amide bonds. The van der Waals surface area contributed by atoms with Gasteiger partial charge in [-0.15, -0.1) is 0 Å². The van der Waals surface area contributed by atoms with Crippen LogP contribution in [0.25, 0.3) is 16.9 Å². The van der Waals surface area contributed by atoms with Gasteiger partial charge in [-0.1, -0.05) is 6.07 Å². The number of fused-ring (bicyclic) bond motifs is 1. The Hall–Kier alpha value is -2.10. The van der Waals surface area contributed by atoms with Crippen LogP contribution >= 0.6 is 0 Å². The summed E-state index contributed by atoms with van der Waals surface area (Å²) in [5.41, 5.74) is 3.14. The fraction of sp³-hybridized carbons (Fsp3) is 0.167. The lowest BCUT2D eigenvalue weighted by Crippen LogP contribution is -1.93. The fourth-order valence-corrected chi connectivity index (χ4v) is 1.92. The van der Waals surface area contributed by atoms with E-state index in [1.165, 1.54) is 0 Å². The van der Waals surface area contributed by atoms with E-state index in [9.17, 15) is 0 Å². The van der Waals surface area contributed by atoms with Crippen LogP contribution in [0.15, 0.2) is 43.0 Å². The van der Waals surface area contributed by atoms with Crippen LogP contribution in [0.5, 0.6) is 0 Å². The molecule has 0 aliphatic rings. The van der Waals surface area contributed by atoms with E-state index in [4.69, 9.17) is 0 Å². The molecule has 0 aliphatic heterocycles. The summed E-state index contributed by atoms with van der Waals surface area (Å²) >= 11 is 0. The molecule has 3 aromatic heterocycles. The van der Waals surface area contributed by atoms with E-state index in [0.717, 1.165) is 23.4 Å². The molecule has 80 valence electrons. The first-order chi connectivity index (χ1) is 7.90. The highest BCUT2D eigenvalue weighted by atomic mass is 15.3. The highest BCUT2D eigenvalue weighted by molar-refractivity contribution is 5.74. The fourth-order valence-electron chi connectivity index (χ4n) is 1.92. The van der Waals surface area contributed by atoms with Gasteiger partial charge < -0.3 is 4.57 Å². The van der Waals surface area contributed by atoms with Crippen molar-refractivity contribution in [3.8, 4) is 11.3 Å². The Labute approximate surface area is 93.2 Å². The SMILES string of the molecule is CCn1ccn2ncc(-c3ccccn3)c12. The third kappa shape index (κ3) is 1.23. The van der Waals surface area contributed by atoms with Gasteiger partial charge in [-0.3, -0.25) is 4.98 Å². The maximum absolute atomic E-state index is 4.36. The predicted molar refractivity (Wildman–Crippen MR) is 62.1 cm³/mol. The summed E-state index contributed by atoms with van der Waals surface area (Å²) in [5, 5.41) is 4.32. The Kier molecular flexibility index (Phi) is 1.99. The van der Waals surface area contributed by atoms with Gasteiger partial charge in [0.25, 0.3) is 0 Å². The number of imidazole rings is 1. The average molecular weight is 212 g/mol. The number of aromatic nitrogens is 4. The third-order valence-electron chi connectivity index (χ3n) is 2.71. The van der Waals surface area contributed by atoms with Crippen LogP contribution in [0.4, 0.5) is 0 Å². The summed E-state index contributed by atoms with van der Waals surface area (Å²) in [6, 6.07) is 5.91. The molecule has 0 aromatic carbocycles. The zero-order valence-corrected chi connectivity index (χ0v) is 9.04. The van der Waals surface area contributed by atoms with Gasteiger partial charge in [0, 0.05) is 25.1 Å². The van der Waals surface area contributed by atoms with Crippen LogP contribution < -0.4 is 0 Å². The molecule has 0 N–H and O–H groups in total. The number of nitrogens with zero attached hydrogens (tertiary/aromatic N) is 4. The Morgan fingerprint density at radius 2 is 2.19 bits per heavy atom. The minimum atomic E-state index is 0.933. The molecule has 0 saturated heterocycles. The molecule has 0 atom stereocenters. The third-order valence-corrected chi connectivity index (χ3v) is 2.71. The highest BCUT2D eigenvalue weighted by Crippen LogP contribution is 2.22. The van der Waals surface area contributed by atoms with Crippen molar-refractivity contribution >= 4 is 5.65 Å². The minimum absolute atomic E-state index is 0.933. The van der Waals surface area contributed by atoms with Crippen molar-refractivity contribution in [2.24, 2.45) is 0 Å². The van der Waals surface area contributed by atoms with Gasteiger partial charge in [-0.25, -0.2) is 4.52 Å². The van der Waals surface area contributed by atoms with Crippen molar-refractivity contribution in [1.82, 2.24) is 19.2 Å². The van der Waals surface area contributed by atoms with E-state index in [0.29, 0.717) is 0 Å². The summed E-state index contributed by atoms with van der Waals surface area (Å²) in [4.78, 5) is 4.36. The van der Waals surface area contributed by atoms with Crippen LogP contribution in [0, 0.1) is 0 Å². The summed E-state index contributed by atoms with van der Waals surface area (Å²) in [7, 11) is 0. The molecule has 0 bridgehead atoms. The monoisotopic (exact) mass is 212 g/mol. The molecule has 16 heavy (non-hydrogen) atoms. The molecule has 3 heterocycles. The minimum Gasteiger partial charge on any atom is -0.331 e. The maximum atomic E-state index is 4.36. The van der Waals surface area contributed by atoms with Crippen LogP contribution in [0.3, 0.4) is 0 Å². The standard InChI is InChI=1S/C12H12N4/c1-2-15-7-8-16-12(15)10(9-14-16)11-5-3-4-6-13-11/h3-9H,2H2,1H3. The van der Waals surface area contributed by atoms with Crippen LogP contribution in [-0.4, -0.2) is 19.2 Å². The second kappa shape index (κ2) is 3.48. The van der Waals surface area contributed by atoms with E-state index >= 15 is 0 Å². The first kappa shape index (κ1) is 9.15. The van der Waals surface area contributed by atoms with Gasteiger partial charge in [0.2, 0.25) is 0 Å². The molecular weight excluding hydrogens is 200 g/mol. The van der Waals surface area contributed by atoms with E-state index in [1.54, 1.807) is 6.20 Å². The van der Waals surface area contributed by atoms with Crippen molar-refractivity contribution in [2.75, 3.05) is 0 Å². The second-order valence-corrected chi connectivity index (χ2v) is 3.63. The molecule has 0 aliphatic carbocycles. The van der Waals surface area contributed by atoms with Gasteiger partial charge in [-0.05, 0) is 19.1 Å². The number of rotatable bonds is 2. The molecule has 0 unspecified atom stereocenters.